The number of imide groups is 1. The molecule has 2 aliphatic rings. The number of hydrogen-bond acceptors (Lipinski definition) is 3. The Hall–Kier alpha value is -1.95. The lowest BCUT2D eigenvalue weighted by atomic mass is 10.0. The number of carbonyl (C=O) groups is 2. The molecule has 1 aromatic rings. The Morgan fingerprint density at radius 2 is 2.14 bits per heavy atom. The largest absolute Gasteiger partial charge is 0.327 e. The molecule has 3 rings (SSSR count). The maximum Gasteiger partial charge on any atom is 0.327 e. The molecule has 22 heavy (non-hydrogen) atoms. The summed E-state index contributed by atoms with van der Waals surface area (Å²) in [4.78, 5) is 28.2. The third-order valence-corrected chi connectivity index (χ3v) is 4.30. The van der Waals surface area contributed by atoms with E-state index in [0.29, 0.717) is 13.1 Å². The van der Waals surface area contributed by atoms with Gasteiger partial charge in [-0.1, -0.05) is 12.1 Å². The van der Waals surface area contributed by atoms with Gasteiger partial charge in [0.2, 0.25) is 5.91 Å². The van der Waals surface area contributed by atoms with Crippen molar-refractivity contribution >= 4 is 11.9 Å². The maximum absolute atomic E-state index is 13.4. The summed E-state index contributed by atoms with van der Waals surface area (Å²) in [6.07, 6.45) is 0.739. The molecule has 118 valence electrons. The molecule has 0 radical (unpaired) electrons. The van der Waals surface area contributed by atoms with Gasteiger partial charge in [0.05, 0.1) is 6.04 Å². The molecule has 5 nitrogen and oxygen atoms in total. The van der Waals surface area contributed by atoms with Gasteiger partial charge in [0.15, 0.2) is 0 Å². The van der Waals surface area contributed by atoms with E-state index in [9.17, 15) is 14.0 Å². The van der Waals surface area contributed by atoms with Crippen LogP contribution in [0.1, 0.15) is 25.8 Å². The third-order valence-electron chi connectivity index (χ3n) is 4.30. The number of amides is 3. The van der Waals surface area contributed by atoms with Crippen LogP contribution < -0.4 is 5.32 Å². The Kier molecular flexibility index (Phi) is 3.87. The number of nitrogens with one attached hydrogen (secondary N) is 1. The van der Waals surface area contributed by atoms with Crippen LogP contribution >= 0.6 is 0 Å². The number of urea groups is 1. The van der Waals surface area contributed by atoms with Gasteiger partial charge in [-0.15, -0.1) is 0 Å². The molecule has 3 amide bonds. The SMILES string of the molecule is CC(C)N1C(=O)[C@H]2NCC[C@H]2N(Cc2cccc(F)c2)C1=O. The summed E-state index contributed by atoms with van der Waals surface area (Å²) >= 11 is 0. The summed E-state index contributed by atoms with van der Waals surface area (Å²) in [6.45, 7) is 4.67. The number of rotatable bonds is 3. The molecule has 0 aliphatic carbocycles. The van der Waals surface area contributed by atoms with Crippen molar-refractivity contribution in [2.75, 3.05) is 6.54 Å². The lowest BCUT2D eigenvalue weighted by molar-refractivity contribution is -0.136. The first-order valence-electron chi connectivity index (χ1n) is 7.60. The second-order valence-electron chi connectivity index (χ2n) is 6.13. The second kappa shape index (κ2) is 5.68. The molecule has 0 bridgehead atoms. The fourth-order valence-corrected chi connectivity index (χ4v) is 3.29. The summed E-state index contributed by atoms with van der Waals surface area (Å²) in [5, 5.41) is 3.18. The number of halogens is 1. The fraction of sp³-hybridized carbons (Fsp3) is 0.500. The molecule has 0 spiro atoms. The minimum atomic E-state index is -0.353. The van der Waals surface area contributed by atoms with E-state index >= 15 is 0 Å². The maximum atomic E-state index is 13.4. The van der Waals surface area contributed by atoms with Gasteiger partial charge in [0.25, 0.3) is 0 Å². The Morgan fingerprint density at radius 1 is 1.36 bits per heavy atom. The Bertz CT molecular complexity index is 605. The van der Waals surface area contributed by atoms with Gasteiger partial charge in [-0.05, 0) is 44.5 Å². The van der Waals surface area contributed by atoms with Gasteiger partial charge < -0.3 is 10.2 Å². The molecule has 2 aliphatic heterocycles. The van der Waals surface area contributed by atoms with Crippen molar-refractivity contribution in [3.05, 3.63) is 35.6 Å². The van der Waals surface area contributed by atoms with Crippen LogP contribution in [0.2, 0.25) is 0 Å². The highest BCUT2D eigenvalue weighted by molar-refractivity contribution is 6.01. The van der Waals surface area contributed by atoms with E-state index in [1.54, 1.807) is 17.0 Å². The summed E-state index contributed by atoms with van der Waals surface area (Å²) in [5.41, 5.74) is 0.733. The van der Waals surface area contributed by atoms with Crippen LogP contribution in [0.3, 0.4) is 0 Å². The molecule has 0 saturated carbocycles. The quantitative estimate of drug-likeness (QED) is 0.925. The van der Waals surface area contributed by atoms with Crippen LogP contribution in [0.15, 0.2) is 24.3 Å². The molecule has 2 atom stereocenters. The van der Waals surface area contributed by atoms with E-state index in [1.807, 2.05) is 13.8 Å². The molecule has 2 saturated heterocycles. The van der Waals surface area contributed by atoms with Crippen molar-refractivity contribution in [3.8, 4) is 0 Å². The van der Waals surface area contributed by atoms with Crippen molar-refractivity contribution in [1.29, 1.82) is 0 Å². The average Bonchev–Trinajstić information content (AvgIpc) is 2.93. The molecule has 1 N–H and O–H groups in total. The highest BCUT2D eigenvalue weighted by Crippen LogP contribution is 2.27. The van der Waals surface area contributed by atoms with Gasteiger partial charge in [0.1, 0.15) is 11.9 Å². The van der Waals surface area contributed by atoms with E-state index in [1.165, 1.54) is 17.0 Å². The Morgan fingerprint density at radius 3 is 2.82 bits per heavy atom. The van der Waals surface area contributed by atoms with E-state index in [2.05, 4.69) is 5.32 Å². The minimum absolute atomic E-state index is 0.154. The summed E-state index contributed by atoms with van der Waals surface area (Å²) < 4.78 is 13.4. The van der Waals surface area contributed by atoms with Crippen LogP contribution in [0.4, 0.5) is 9.18 Å². The third kappa shape index (κ3) is 2.47. The van der Waals surface area contributed by atoms with E-state index < -0.39 is 0 Å². The predicted molar refractivity (Wildman–Crippen MR) is 79.5 cm³/mol. The van der Waals surface area contributed by atoms with Gasteiger partial charge >= 0.3 is 6.03 Å². The first-order chi connectivity index (χ1) is 10.5. The van der Waals surface area contributed by atoms with E-state index in [-0.39, 0.29) is 35.9 Å². The Balaban J connectivity index is 1.90. The summed E-state index contributed by atoms with van der Waals surface area (Å²) in [5.74, 6) is -0.474. The predicted octanol–water partition coefficient (Wildman–Crippen LogP) is 1.73. The molecular weight excluding hydrogens is 285 g/mol. The fourth-order valence-electron chi connectivity index (χ4n) is 3.29. The van der Waals surface area contributed by atoms with Crippen LogP contribution in [-0.2, 0) is 11.3 Å². The molecule has 0 unspecified atom stereocenters. The zero-order chi connectivity index (χ0) is 15.9. The normalized spacial score (nSPS) is 25.1. The van der Waals surface area contributed by atoms with Gasteiger partial charge in [-0.3, -0.25) is 9.69 Å². The van der Waals surface area contributed by atoms with Crippen molar-refractivity contribution in [3.63, 3.8) is 0 Å². The van der Waals surface area contributed by atoms with E-state index in [0.717, 1.165) is 12.0 Å². The first kappa shape index (κ1) is 15.0. The number of benzene rings is 1. The number of carbonyl (C=O) groups excluding carboxylic acids is 2. The zero-order valence-corrected chi connectivity index (χ0v) is 12.8. The molecule has 2 fully saturated rings. The second-order valence-corrected chi connectivity index (χ2v) is 6.13. The number of hydrogen-bond donors (Lipinski definition) is 1. The van der Waals surface area contributed by atoms with Gasteiger partial charge in [-0.25, -0.2) is 9.18 Å². The standard InChI is InChI=1S/C16H20FN3O2/c1-10(2)20-15(21)14-13(6-7-18-14)19(16(20)22)9-11-4-3-5-12(17)8-11/h3-5,8,10,13-14,18H,6-7,9H2,1-2H3/t13-,14+/m1/s1. The lowest BCUT2D eigenvalue weighted by Crippen LogP contribution is -2.65. The van der Waals surface area contributed by atoms with Gasteiger partial charge in [-0.2, -0.15) is 0 Å². The topological polar surface area (TPSA) is 52.7 Å². The smallest absolute Gasteiger partial charge is 0.315 e. The average molecular weight is 305 g/mol. The van der Waals surface area contributed by atoms with Crippen molar-refractivity contribution in [2.45, 2.75) is 44.9 Å². The summed E-state index contributed by atoms with van der Waals surface area (Å²) in [7, 11) is 0. The highest BCUT2D eigenvalue weighted by atomic mass is 19.1. The van der Waals surface area contributed by atoms with Crippen LogP contribution in [-0.4, -0.2) is 46.4 Å². The summed E-state index contributed by atoms with van der Waals surface area (Å²) in [6, 6.07) is 5.25. The minimum Gasteiger partial charge on any atom is -0.315 e. The zero-order valence-electron chi connectivity index (χ0n) is 12.8. The van der Waals surface area contributed by atoms with E-state index in [4.69, 9.17) is 0 Å². The van der Waals surface area contributed by atoms with Gasteiger partial charge in [0, 0.05) is 12.6 Å². The van der Waals surface area contributed by atoms with Crippen molar-refractivity contribution in [2.24, 2.45) is 0 Å². The lowest BCUT2D eigenvalue weighted by Gasteiger charge is -2.43. The Labute approximate surface area is 129 Å². The molecular formula is C16H20FN3O2. The molecule has 1 aromatic carbocycles. The molecule has 0 aromatic heterocycles. The van der Waals surface area contributed by atoms with Crippen LogP contribution in [0.5, 0.6) is 0 Å². The molecule has 2 heterocycles. The number of fused-ring (bicyclic) bond motifs is 1. The van der Waals surface area contributed by atoms with Crippen LogP contribution in [0.25, 0.3) is 0 Å². The number of nitrogens with zero attached hydrogens (tertiary/aromatic N) is 2. The van der Waals surface area contributed by atoms with Crippen molar-refractivity contribution in [1.82, 2.24) is 15.1 Å². The highest BCUT2D eigenvalue weighted by Gasteiger charge is 2.48. The molecule has 6 heteroatoms. The van der Waals surface area contributed by atoms with Crippen LogP contribution in [0, 0.1) is 5.82 Å². The monoisotopic (exact) mass is 305 g/mol. The first-order valence-corrected chi connectivity index (χ1v) is 7.60. The van der Waals surface area contributed by atoms with Crippen molar-refractivity contribution < 1.29 is 14.0 Å².